The third-order valence-corrected chi connectivity index (χ3v) is 3.47. The summed E-state index contributed by atoms with van der Waals surface area (Å²) in [7, 11) is 0. The summed E-state index contributed by atoms with van der Waals surface area (Å²) in [6.45, 7) is 9.64. The molecule has 1 aliphatic rings. The number of hydrogen-bond donors (Lipinski definition) is 1. The molecule has 1 fully saturated rings. The number of ether oxygens (including phenoxy) is 1. The first-order chi connectivity index (χ1) is 8.51. The standard InChI is InChI=1S/C13H23N3O2/c1-4-13(3,10-14)12(17)15-11(2)9-16-5-7-18-8-6-16/h11H,4-9H2,1-3H3,(H,15,17). The Morgan fingerprint density at radius 3 is 2.67 bits per heavy atom. The molecule has 1 heterocycles. The second-order valence-corrected chi connectivity index (χ2v) is 5.08. The van der Waals surface area contributed by atoms with E-state index in [1.807, 2.05) is 13.8 Å². The zero-order valence-electron chi connectivity index (χ0n) is 11.5. The van der Waals surface area contributed by atoms with Gasteiger partial charge in [0.05, 0.1) is 19.3 Å². The van der Waals surface area contributed by atoms with Gasteiger partial charge in [-0.3, -0.25) is 9.69 Å². The van der Waals surface area contributed by atoms with Crippen LogP contribution in [0.1, 0.15) is 27.2 Å². The fourth-order valence-corrected chi connectivity index (χ4v) is 1.89. The molecule has 1 aliphatic heterocycles. The maximum atomic E-state index is 12.0. The van der Waals surface area contributed by atoms with Crippen molar-refractivity contribution in [3.05, 3.63) is 0 Å². The summed E-state index contributed by atoms with van der Waals surface area (Å²) in [5.74, 6) is -0.173. The van der Waals surface area contributed by atoms with E-state index in [0.29, 0.717) is 6.42 Å². The third-order valence-electron chi connectivity index (χ3n) is 3.47. The van der Waals surface area contributed by atoms with Crippen LogP contribution < -0.4 is 5.32 Å². The molecule has 0 aromatic carbocycles. The van der Waals surface area contributed by atoms with Crippen molar-refractivity contribution in [3.8, 4) is 6.07 Å². The van der Waals surface area contributed by atoms with Crippen LogP contribution >= 0.6 is 0 Å². The topological polar surface area (TPSA) is 65.4 Å². The highest BCUT2D eigenvalue weighted by Gasteiger charge is 2.32. The van der Waals surface area contributed by atoms with Gasteiger partial charge in [0.15, 0.2) is 0 Å². The molecule has 1 amide bonds. The average molecular weight is 253 g/mol. The molecule has 0 saturated carbocycles. The predicted octanol–water partition coefficient (Wildman–Crippen LogP) is 0.763. The van der Waals surface area contributed by atoms with Crippen molar-refractivity contribution < 1.29 is 9.53 Å². The van der Waals surface area contributed by atoms with Gasteiger partial charge in [-0.15, -0.1) is 0 Å². The van der Waals surface area contributed by atoms with Crippen molar-refractivity contribution in [2.75, 3.05) is 32.8 Å². The SMILES string of the molecule is CCC(C)(C#N)C(=O)NC(C)CN1CCOCC1. The van der Waals surface area contributed by atoms with Crippen LogP contribution in [-0.2, 0) is 9.53 Å². The summed E-state index contributed by atoms with van der Waals surface area (Å²) in [6.07, 6.45) is 0.527. The van der Waals surface area contributed by atoms with Crippen LogP contribution in [0.15, 0.2) is 0 Å². The van der Waals surface area contributed by atoms with Crippen molar-refractivity contribution in [1.29, 1.82) is 5.26 Å². The second-order valence-electron chi connectivity index (χ2n) is 5.08. The average Bonchev–Trinajstić information content (AvgIpc) is 2.38. The van der Waals surface area contributed by atoms with Crippen molar-refractivity contribution in [2.24, 2.45) is 5.41 Å². The Labute approximate surface area is 109 Å². The first-order valence-corrected chi connectivity index (χ1v) is 6.54. The Bertz CT molecular complexity index is 321. The summed E-state index contributed by atoms with van der Waals surface area (Å²) in [6, 6.07) is 2.14. The second kappa shape index (κ2) is 6.72. The molecule has 18 heavy (non-hydrogen) atoms. The molecular weight excluding hydrogens is 230 g/mol. The number of amides is 1. The Morgan fingerprint density at radius 1 is 1.56 bits per heavy atom. The number of nitrogens with zero attached hydrogens (tertiary/aromatic N) is 2. The van der Waals surface area contributed by atoms with Crippen LogP contribution in [0.3, 0.4) is 0 Å². The van der Waals surface area contributed by atoms with Gasteiger partial charge in [-0.25, -0.2) is 0 Å². The molecule has 0 radical (unpaired) electrons. The Morgan fingerprint density at radius 2 is 2.17 bits per heavy atom. The summed E-state index contributed by atoms with van der Waals surface area (Å²) in [4.78, 5) is 14.3. The van der Waals surface area contributed by atoms with Gasteiger partial charge in [0.1, 0.15) is 5.41 Å². The van der Waals surface area contributed by atoms with Gasteiger partial charge >= 0.3 is 0 Å². The highest BCUT2D eigenvalue weighted by atomic mass is 16.5. The molecule has 102 valence electrons. The third kappa shape index (κ3) is 3.97. The van der Waals surface area contributed by atoms with Crippen molar-refractivity contribution >= 4 is 5.91 Å². The van der Waals surface area contributed by atoms with Gasteiger partial charge in [0.25, 0.3) is 0 Å². The molecule has 1 N–H and O–H groups in total. The molecule has 5 nitrogen and oxygen atoms in total. The Hall–Kier alpha value is -1.12. The van der Waals surface area contributed by atoms with E-state index in [1.165, 1.54) is 0 Å². The molecule has 2 atom stereocenters. The molecule has 1 rings (SSSR count). The Balaban J connectivity index is 2.41. The van der Waals surface area contributed by atoms with Gasteiger partial charge in [-0.2, -0.15) is 5.26 Å². The fraction of sp³-hybridized carbons (Fsp3) is 0.846. The lowest BCUT2D eigenvalue weighted by molar-refractivity contribution is -0.128. The summed E-state index contributed by atoms with van der Waals surface area (Å²) in [5.41, 5.74) is -0.917. The minimum atomic E-state index is -0.917. The smallest absolute Gasteiger partial charge is 0.240 e. The van der Waals surface area contributed by atoms with Crippen LogP contribution in [-0.4, -0.2) is 49.7 Å². The summed E-state index contributed by atoms with van der Waals surface area (Å²) in [5, 5.41) is 12.0. The number of carbonyl (C=O) groups excluding carboxylic acids is 1. The van der Waals surface area contributed by atoms with Crippen LogP contribution in [0.5, 0.6) is 0 Å². The number of nitriles is 1. The van der Waals surface area contributed by atoms with E-state index < -0.39 is 5.41 Å². The molecule has 0 aromatic rings. The molecule has 5 heteroatoms. The maximum absolute atomic E-state index is 12.0. The normalized spacial score (nSPS) is 21.7. The lowest BCUT2D eigenvalue weighted by Gasteiger charge is -2.30. The van der Waals surface area contributed by atoms with E-state index in [-0.39, 0.29) is 11.9 Å². The zero-order chi connectivity index (χ0) is 13.6. The number of carbonyl (C=O) groups is 1. The molecule has 1 saturated heterocycles. The monoisotopic (exact) mass is 253 g/mol. The van der Waals surface area contributed by atoms with E-state index in [1.54, 1.807) is 6.92 Å². The van der Waals surface area contributed by atoms with E-state index in [2.05, 4.69) is 16.3 Å². The van der Waals surface area contributed by atoms with Crippen LogP contribution in [0.2, 0.25) is 0 Å². The lowest BCUT2D eigenvalue weighted by atomic mass is 9.88. The maximum Gasteiger partial charge on any atom is 0.240 e. The molecule has 0 aromatic heterocycles. The number of rotatable bonds is 5. The van der Waals surface area contributed by atoms with Gasteiger partial charge in [0.2, 0.25) is 5.91 Å². The van der Waals surface area contributed by atoms with E-state index in [0.717, 1.165) is 32.8 Å². The highest BCUT2D eigenvalue weighted by molar-refractivity contribution is 5.85. The minimum Gasteiger partial charge on any atom is -0.379 e. The largest absolute Gasteiger partial charge is 0.379 e. The van der Waals surface area contributed by atoms with Gasteiger partial charge in [-0.1, -0.05) is 6.92 Å². The van der Waals surface area contributed by atoms with E-state index in [9.17, 15) is 4.79 Å². The lowest BCUT2D eigenvalue weighted by Crippen LogP contribution is -2.49. The van der Waals surface area contributed by atoms with Crippen LogP contribution in [0, 0.1) is 16.7 Å². The van der Waals surface area contributed by atoms with Gasteiger partial charge in [0, 0.05) is 25.7 Å². The van der Waals surface area contributed by atoms with Gasteiger partial charge in [-0.05, 0) is 20.3 Å². The van der Waals surface area contributed by atoms with Crippen molar-refractivity contribution in [2.45, 2.75) is 33.2 Å². The summed E-state index contributed by atoms with van der Waals surface area (Å²) < 4.78 is 5.28. The fourth-order valence-electron chi connectivity index (χ4n) is 1.89. The molecule has 0 spiro atoms. The van der Waals surface area contributed by atoms with E-state index >= 15 is 0 Å². The van der Waals surface area contributed by atoms with Crippen molar-refractivity contribution in [1.82, 2.24) is 10.2 Å². The number of nitrogens with one attached hydrogen (secondary N) is 1. The summed E-state index contributed by atoms with van der Waals surface area (Å²) >= 11 is 0. The molecule has 2 unspecified atom stereocenters. The number of morpholine rings is 1. The van der Waals surface area contributed by atoms with Crippen LogP contribution in [0.25, 0.3) is 0 Å². The Kier molecular flexibility index (Phi) is 5.57. The quantitative estimate of drug-likeness (QED) is 0.785. The minimum absolute atomic E-state index is 0.0508. The molecule has 0 aliphatic carbocycles. The molecule has 0 bridgehead atoms. The van der Waals surface area contributed by atoms with Crippen LogP contribution in [0.4, 0.5) is 0 Å². The zero-order valence-corrected chi connectivity index (χ0v) is 11.5. The first kappa shape index (κ1) is 14.9. The molecular formula is C13H23N3O2. The highest BCUT2D eigenvalue weighted by Crippen LogP contribution is 2.19. The number of hydrogen-bond acceptors (Lipinski definition) is 4. The van der Waals surface area contributed by atoms with E-state index in [4.69, 9.17) is 10.00 Å². The van der Waals surface area contributed by atoms with Gasteiger partial charge < -0.3 is 10.1 Å². The predicted molar refractivity (Wildman–Crippen MR) is 68.9 cm³/mol. The van der Waals surface area contributed by atoms with Crippen molar-refractivity contribution in [3.63, 3.8) is 0 Å². The first-order valence-electron chi connectivity index (χ1n) is 6.54.